The van der Waals surface area contributed by atoms with Crippen LogP contribution in [0.3, 0.4) is 0 Å². The van der Waals surface area contributed by atoms with Gasteiger partial charge >= 0.3 is 0 Å². The summed E-state index contributed by atoms with van der Waals surface area (Å²) in [5.74, 6) is -0.287. The molecule has 0 radical (unpaired) electrons. The van der Waals surface area contributed by atoms with Crippen molar-refractivity contribution in [3.05, 3.63) is 51.2 Å². The van der Waals surface area contributed by atoms with Gasteiger partial charge in [-0.05, 0) is 56.2 Å². The average molecular weight is 377 g/mol. The van der Waals surface area contributed by atoms with E-state index in [9.17, 15) is 9.59 Å². The van der Waals surface area contributed by atoms with Crippen molar-refractivity contribution < 1.29 is 9.59 Å². The fourth-order valence-electron chi connectivity index (χ4n) is 3.07. The molecule has 0 aliphatic heterocycles. The number of carbonyl (C=O) groups is 2. The highest BCUT2D eigenvalue weighted by Gasteiger charge is 2.24. The lowest BCUT2D eigenvalue weighted by Gasteiger charge is -2.23. The second-order valence-electron chi connectivity index (χ2n) is 6.33. The van der Waals surface area contributed by atoms with Crippen LogP contribution in [0, 0.1) is 6.92 Å². The van der Waals surface area contributed by atoms with Crippen molar-refractivity contribution in [2.45, 2.75) is 38.6 Å². The van der Waals surface area contributed by atoms with Gasteiger partial charge in [0, 0.05) is 21.6 Å². The highest BCUT2D eigenvalue weighted by atomic mass is 35.5. The quantitative estimate of drug-likeness (QED) is 0.839. The Morgan fingerprint density at radius 3 is 2.44 bits per heavy atom. The molecule has 1 heterocycles. The van der Waals surface area contributed by atoms with E-state index >= 15 is 0 Å². The van der Waals surface area contributed by atoms with E-state index in [4.69, 9.17) is 11.6 Å². The summed E-state index contributed by atoms with van der Waals surface area (Å²) >= 11 is 7.39. The number of nitrogens with one attached hydrogen (secondary N) is 1. The van der Waals surface area contributed by atoms with E-state index in [0.29, 0.717) is 15.6 Å². The lowest BCUT2D eigenvalue weighted by molar-refractivity contribution is -0.120. The Kier molecular flexibility index (Phi) is 5.76. The Morgan fingerprint density at radius 1 is 1.16 bits per heavy atom. The number of hydrogen-bond donors (Lipinski definition) is 1. The van der Waals surface area contributed by atoms with Crippen LogP contribution >= 0.6 is 22.9 Å². The van der Waals surface area contributed by atoms with Crippen LogP contribution in [0.1, 0.15) is 40.2 Å². The average Bonchev–Trinajstić information content (AvgIpc) is 3.25. The van der Waals surface area contributed by atoms with Crippen LogP contribution in [0.5, 0.6) is 0 Å². The first-order valence-corrected chi connectivity index (χ1v) is 9.65. The summed E-state index contributed by atoms with van der Waals surface area (Å²) < 4.78 is 0. The molecular formula is C19H21ClN2O2S. The number of anilines is 1. The predicted octanol–water partition coefficient (Wildman–Crippen LogP) is 4.42. The summed E-state index contributed by atoms with van der Waals surface area (Å²) in [6, 6.07) is 10.9. The van der Waals surface area contributed by atoms with Crippen LogP contribution in [0.4, 0.5) is 5.69 Å². The Morgan fingerprint density at radius 2 is 1.84 bits per heavy atom. The van der Waals surface area contributed by atoms with Crippen molar-refractivity contribution in [1.82, 2.24) is 5.32 Å². The lowest BCUT2D eigenvalue weighted by atomic mass is 10.2. The highest BCUT2D eigenvalue weighted by Crippen LogP contribution is 2.24. The number of benzene rings is 1. The van der Waals surface area contributed by atoms with Crippen molar-refractivity contribution in [1.29, 1.82) is 0 Å². The van der Waals surface area contributed by atoms with Crippen LogP contribution in [-0.2, 0) is 4.79 Å². The molecule has 1 fully saturated rings. The fraction of sp³-hybridized carbons (Fsp3) is 0.368. The molecule has 2 amide bonds. The Labute approximate surface area is 156 Å². The first-order chi connectivity index (χ1) is 12.0. The maximum Gasteiger partial charge on any atom is 0.268 e. The molecule has 0 bridgehead atoms. The standard InChI is InChI=1S/C19H21ClN2O2S/c1-13-6-11-17(25-13)19(24)22(16-9-7-14(20)8-10-16)12-18(23)21-15-4-2-3-5-15/h6-11,15H,2-5,12H2,1H3,(H,21,23). The molecule has 1 saturated carbocycles. The van der Waals surface area contributed by atoms with Gasteiger partial charge in [0.15, 0.2) is 0 Å². The molecule has 1 aromatic heterocycles. The zero-order chi connectivity index (χ0) is 17.8. The van der Waals surface area contributed by atoms with Gasteiger partial charge in [-0.15, -0.1) is 11.3 Å². The maximum atomic E-state index is 12.9. The minimum absolute atomic E-state index is 0.00785. The smallest absolute Gasteiger partial charge is 0.268 e. The molecule has 1 aliphatic rings. The zero-order valence-electron chi connectivity index (χ0n) is 14.1. The number of nitrogens with zero attached hydrogens (tertiary/aromatic N) is 1. The number of carbonyl (C=O) groups excluding carboxylic acids is 2. The lowest BCUT2D eigenvalue weighted by Crippen LogP contribution is -2.43. The fourth-order valence-corrected chi connectivity index (χ4v) is 4.01. The minimum Gasteiger partial charge on any atom is -0.352 e. The third-order valence-corrected chi connectivity index (χ3v) is 5.60. The van der Waals surface area contributed by atoms with Crippen molar-refractivity contribution in [2.75, 3.05) is 11.4 Å². The van der Waals surface area contributed by atoms with E-state index in [0.717, 1.165) is 30.6 Å². The molecule has 1 aromatic carbocycles. The summed E-state index contributed by atoms with van der Waals surface area (Å²) in [4.78, 5) is 28.6. The van der Waals surface area contributed by atoms with Crippen LogP contribution in [-0.4, -0.2) is 24.4 Å². The SMILES string of the molecule is Cc1ccc(C(=O)N(CC(=O)NC2CCCC2)c2ccc(Cl)cc2)s1. The summed E-state index contributed by atoms with van der Waals surface area (Å²) in [5.41, 5.74) is 0.669. The topological polar surface area (TPSA) is 49.4 Å². The maximum absolute atomic E-state index is 12.9. The monoisotopic (exact) mass is 376 g/mol. The summed E-state index contributed by atoms with van der Waals surface area (Å²) in [7, 11) is 0. The van der Waals surface area contributed by atoms with Gasteiger partial charge in [-0.1, -0.05) is 24.4 Å². The van der Waals surface area contributed by atoms with E-state index < -0.39 is 0 Å². The van der Waals surface area contributed by atoms with Crippen molar-refractivity contribution in [3.8, 4) is 0 Å². The number of thiophene rings is 1. The Balaban J connectivity index is 1.79. The molecule has 4 nitrogen and oxygen atoms in total. The van der Waals surface area contributed by atoms with Gasteiger partial charge < -0.3 is 5.32 Å². The molecule has 25 heavy (non-hydrogen) atoms. The minimum atomic E-state index is -0.165. The third kappa shape index (κ3) is 4.61. The molecule has 6 heteroatoms. The van der Waals surface area contributed by atoms with Crippen molar-refractivity contribution in [2.24, 2.45) is 0 Å². The molecule has 1 N–H and O–H groups in total. The molecule has 0 unspecified atom stereocenters. The third-order valence-electron chi connectivity index (χ3n) is 4.36. The number of halogens is 1. The zero-order valence-corrected chi connectivity index (χ0v) is 15.7. The molecule has 0 spiro atoms. The van der Waals surface area contributed by atoms with E-state index in [1.807, 2.05) is 13.0 Å². The molecular weight excluding hydrogens is 356 g/mol. The van der Waals surface area contributed by atoms with Crippen LogP contribution in [0.2, 0.25) is 5.02 Å². The number of hydrogen-bond acceptors (Lipinski definition) is 3. The number of aryl methyl sites for hydroxylation is 1. The van der Waals surface area contributed by atoms with Gasteiger partial charge in [-0.2, -0.15) is 0 Å². The van der Waals surface area contributed by atoms with Crippen LogP contribution < -0.4 is 10.2 Å². The normalized spacial score (nSPS) is 14.5. The molecule has 3 rings (SSSR count). The summed E-state index contributed by atoms with van der Waals surface area (Å²) in [6.45, 7) is 1.97. The second kappa shape index (κ2) is 8.02. The highest BCUT2D eigenvalue weighted by molar-refractivity contribution is 7.14. The van der Waals surface area contributed by atoms with Crippen LogP contribution in [0.25, 0.3) is 0 Å². The van der Waals surface area contributed by atoms with Gasteiger partial charge in [0.05, 0.1) is 4.88 Å². The van der Waals surface area contributed by atoms with Crippen molar-refractivity contribution >= 4 is 40.4 Å². The van der Waals surface area contributed by atoms with Crippen molar-refractivity contribution in [3.63, 3.8) is 0 Å². The predicted molar refractivity (Wildman–Crippen MR) is 103 cm³/mol. The first kappa shape index (κ1) is 18.0. The van der Waals surface area contributed by atoms with E-state index in [1.54, 1.807) is 30.3 Å². The van der Waals surface area contributed by atoms with E-state index in [1.165, 1.54) is 16.2 Å². The molecule has 2 aromatic rings. The Hall–Kier alpha value is -1.85. The van der Waals surface area contributed by atoms with Gasteiger partial charge in [0.1, 0.15) is 6.54 Å². The molecule has 1 aliphatic carbocycles. The van der Waals surface area contributed by atoms with Crippen LogP contribution in [0.15, 0.2) is 36.4 Å². The van der Waals surface area contributed by atoms with Gasteiger partial charge in [0.2, 0.25) is 5.91 Å². The molecule has 0 atom stereocenters. The number of amides is 2. The number of rotatable bonds is 5. The van der Waals surface area contributed by atoms with E-state index in [-0.39, 0.29) is 24.4 Å². The second-order valence-corrected chi connectivity index (χ2v) is 8.05. The summed E-state index contributed by atoms with van der Waals surface area (Å²) in [6.07, 6.45) is 4.34. The van der Waals surface area contributed by atoms with Gasteiger partial charge in [-0.3, -0.25) is 14.5 Å². The van der Waals surface area contributed by atoms with E-state index in [2.05, 4.69) is 5.32 Å². The Bertz CT molecular complexity index is 751. The largest absolute Gasteiger partial charge is 0.352 e. The van der Waals surface area contributed by atoms with Gasteiger partial charge in [-0.25, -0.2) is 0 Å². The molecule has 132 valence electrons. The first-order valence-electron chi connectivity index (χ1n) is 8.46. The summed E-state index contributed by atoms with van der Waals surface area (Å²) in [5, 5.41) is 3.64. The van der Waals surface area contributed by atoms with Gasteiger partial charge in [0.25, 0.3) is 5.91 Å². The molecule has 0 saturated heterocycles.